The van der Waals surface area contributed by atoms with Crippen LogP contribution in [0, 0.1) is 11.3 Å². The van der Waals surface area contributed by atoms with Gasteiger partial charge in [-0.25, -0.2) is 4.79 Å². The van der Waals surface area contributed by atoms with E-state index in [4.69, 9.17) is 14.7 Å². The smallest absolute Gasteiger partial charge is 0.410 e. The first kappa shape index (κ1) is 15.3. The molecular formula is C16H20N2O3. The van der Waals surface area contributed by atoms with Gasteiger partial charge >= 0.3 is 6.09 Å². The zero-order valence-electron chi connectivity index (χ0n) is 12.8. The fraction of sp³-hybridized carbons (Fsp3) is 0.500. The monoisotopic (exact) mass is 288 g/mol. The van der Waals surface area contributed by atoms with E-state index in [0.29, 0.717) is 18.8 Å². The van der Waals surface area contributed by atoms with Crippen LogP contribution in [0.4, 0.5) is 4.79 Å². The zero-order chi connectivity index (χ0) is 15.6. The second-order valence-corrected chi connectivity index (χ2v) is 6.15. The van der Waals surface area contributed by atoms with Crippen LogP contribution in [-0.2, 0) is 16.1 Å². The summed E-state index contributed by atoms with van der Waals surface area (Å²) in [4.78, 5) is 13.7. The van der Waals surface area contributed by atoms with E-state index in [1.54, 1.807) is 18.0 Å². The SMILES string of the molecule is CN(C(=O)OC(C)(C)C)C1COCc2cc(C#N)ccc21. The van der Waals surface area contributed by atoms with Gasteiger partial charge < -0.3 is 14.4 Å². The van der Waals surface area contributed by atoms with E-state index in [1.807, 2.05) is 32.9 Å². The fourth-order valence-corrected chi connectivity index (χ4v) is 2.28. The van der Waals surface area contributed by atoms with Gasteiger partial charge in [-0.05, 0) is 44.0 Å². The number of carbonyl (C=O) groups is 1. The molecule has 5 nitrogen and oxygen atoms in total. The maximum absolute atomic E-state index is 12.2. The lowest BCUT2D eigenvalue weighted by atomic mass is 9.96. The molecule has 0 N–H and O–H groups in total. The average Bonchev–Trinajstić information content (AvgIpc) is 2.43. The number of benzene rings is 1. The molecule has 0 bridgehead atoms. The molecular weight excluding hydrogens is 268 g/mol. The summed E-state index contributed by atoms with van der Waals surface area (Å²) >= 11 is 0. The first-order chi connectivity index (χ1) is 9.81. The Bertz CT molecular complexity index is 584. The van der Waals surface area contributed by atoms with E-state index in [1.165, 1.54) is 0 Å². The van der Waals surface area contributed by atoms with Crippen molar-refractivity contribution < 1.29 is 14.3 Å². The Hall–Kier alpha value is -2.06. The van der Waals surface area contributed by atoms with Crippen molar-refractivity contribution in [3.63, 3.8) is 0 Å². The summed E-state index contributed by atoms with van der Waals surface area (Å²) in [7, 11) is 1.70. The topological polar surface area (TPSA) is 62.6 Å². The Kier molecular flexibility index (Phi) is 4.19. The van der Waals surface area contributed by atoms with E-state index >= 15 is 0 Å². The molecule has 1 aliphatic rings. The molecule has 2 rings (SSSR count). The van der Waals surface area contributed by atoms with Crippen molar-refractivity contribution in [2.45, 2.75) is 39.0 Å². The Morgan fingerprint density at radius 3 is 2.81 bits per heavy atom. The van der Waals surface area contributed by atoms with Gasteiger partial charge in [-0.15, -0.1) is 0 Å². The quantitative estimate of drug-likeness (QED) is 0.797. The van der Waals surface area contributed by atoms with Crippen LogP contribution in [0.2, 0.25) is 0 Å². The van der Waals surface area contributed by atoms with Gasteiger partial charge in [0, 0.05) is 7.05 Å². The number of nitriles is 1. The third-order valence-corrected chi connectivity index (χ3v) is 3.31. The molecule has 112 valence electrons. The largest absolute Gasteiger partial charge is 0.444 e. The maximum Gasteiger partial charge on any atom is 0.410 e. The van der Waals surface area contributed by atoms with Gasteiger partial charge in [-0.3, -0.25) is 0 Å². The van der Waals surface area contributed by atoms with Crippen molar-refractivity contribution in [2.24, 2.45) is 0 Å². The molecule has 0 radical (unpaired) electrons. The maximum atomic E-state index is 12.2. The summed E-state index contributed by atoms with van der Waals surface area (Å²) < 4.78 is 10.9. The summed E-state index contributed by atoms with van der Waals surface area (Å²) in [6.45, 7) is 6.40. The molecule has 21 heavy (non-hydrogen) atoms. The van der Waals surface area contributed by atoms with Crippen LogP contribution in [0.3, 0.4) is 0 Å². The number of hydrogen-bond donors (Lipinski definition) is 0. The standard InChI is InChI=1S/C16H20N2O3/c1-16(2,3)21-15(19)18(4)14-10-20-9-12-7-11(8-17)5-6-13(12)14/h5-7,14H,9-10H2,1-4H3. The number of nitrogens with zero attached hydrogens (tertiary/aromatic N) is 2. The Morgan fingerprint density at radius 1 is 1.48 bits per heavy atom. The lowest BCUT2D eigenvalue weighted by molar-refractivity contribution is -0.000355. The minimum atomic E-state index is -0.533. The first-order valence-corrected chi connectivity index (χ1v) is 6.88. The summed E-state index contributed by atoms with van der Waals surface area (Å²) in [5, 5.41) is 8.95. The number of fused-ring (bicyclic) bond motifs is 1. The zero-order valence-corrected chi connectivity index (χ0v) is 12.8. The van der Waals surface area contributed by atoms with Crippen molar-refractivity contribution in [1.82, 2.24) is 4.90 Å². The number of ether oxygens (including phenoxy) is 2. The van der Waals surface area contributed by atoms with Gasteiger partial charge in [0.25, 0.3) is 0 Å². The summed E-state index contributed by atoms with van der Waals surface area (Å²) in [5.41, 5.74) is 2.01. The van der Waals surface area contributed by atoms with Gasteiger partial charge in [-0.2, -0.15) is 5.26 Å². The predicted molar refractivity (Wildman–Crippen MR) is 77.6 cm³/mol. The Morgan fingerprint density at radius 2 is 2.19 bits per heavy atom. The highest BCUT2D eigenvalue weighted by Crippen LogP contribution is 2.30. The van der Waals surface area contributed by atoms with Crippen molar-refractivity contribution in [3.8, 4) is 6.07 Å². The molecule has 0 aliphatic carbocycles. The van der Waals surface area contributed by atoms with Gasteiger partial charge in [0.1, 0.15) is 5.60 Å². The van der Waals surface area contributed by atoms with E-state index in [0.717, 1.165) is 11.1 Å². The molecule has 1 aromatic carbocycles. The Balaban J connectivity index is 2.23. The molecule has 0 spiro atoms. The molecule has 1 unspecified atom stereocenters. The second-order valence-electron chi connectivity index (χ2n) is 6.15. The number of likely N-dealkylation sites (N-methyl/N-ethyl adjacent to an activating group) is 1. The normalized spacial score (nSPS) is 17.6. The molecule has 0 fully saturated rings. The van der Waals surface area contributed by atoms with Crippen LogP contribution < -0.4 is 0 Å². The van der Waals surface area contributed by atoms with Crippen molar-refractivity contribution in [1.29, 1.82) is 5.26 Å². The molecule has 1 aromatic rings. The van der Waals surface area contributed by atoms with E-state index in [9.17, 15) is 4.79 Å². The first-order valence-electron chi connectivity index (χ1n) is 6.88. The number of rotatable bonds is 1. The lowest BCUT2D eigenvalue weighted by Crippen LogP contribution is -2.39. The van der Waals surface area contributed by atoms with Crippen molar-refractivity contribution in [3.05, 3.63) is 34.9 Å². The molecule has 1 amide bonds. The van der Waals surface area contributed by atoms with Gasteiger partial charge in [0.15, 0.2) is 0 Å². The molecule has 1 aliphatic heterocycles. The minimum absolute atomic E-state index is 0.198. The highest BCUT2D eigenvalue weighted by molar-refractivity contribution is 5.68. The fourth-order valence-electron chi connectivity index (χ4n) is 2.28. The summed E-state index contributed by atoms with van der Waals surface area (Å²) in [6.07, 6.45) is -0.381. The van der Waals surface area contributed by atoms with E-state index in [-0.39, 0.29) is 12.1 Å². The van der Waals surface area contributed by atoms with E-state index < -0.39 is 5.60 Å². The predicted octanol–water partition coefficient (Wildman–Crippen LogP) is 3.00. The lowest BCUT2D eigenvalue weighted by Gasteiger charge is -2.34. The second kappa shape index (κ2) is 5.74. The molecule has 0 saturated carbocycles. The minimum Gasteiger partial charge on any atom is -0.444 e. The molecule has 1 atom stereocenters. The third kappa shape index (κ3) is 3.53. The molecule has 0 aromatic heterocycles. The summed E-state index contributed by atoms with van der Waals surface area (Å²) in [6, 6.07) is 7.38. The number of hydrogen-bond acceptors (Lipinski definition) is 4. The van der Waals surface area contributed by atoms with E-state index in [2.05, 4.69) is 6.07 Å². The number of amides is 1. The summed E-state index contributed by atoms with van der Waals surface area (Å²) in [5.74, 6) is 0. The number of carbonyl (C=O) groups excluding carboxylic acids is 1. The van der Waals surface area contributed by atoms with Crippen LogP contribution in [0.15, 0.2) is 18.2 Å². The van der Waals surface area contributed by atoms with Crippen LogP contribution in [0.1, 0.15) is 43.5 Å². The highest BCUT2D eigenvalue weighted by Gasteiger charge is 2.30. The Labute approximate surface area is 125 Å². The third-order valence-electron chi connectivity index (χ3n) is 3.31. The van der Waals surface area contributed by atoms with Crippen molar-refractivity contribution in [2.75, 3.05) is 13.7 Å². The average molecular weight is 288 g/mol. The molecule has 0 saturated heterocycles. The van der Waals surface area contributed by atoms with Crippen LogP contribution in [0.5, 0.6) is 0 Å². The van der Waals surface area contributed by atoms with Gasteiger partial charge in [-0.1, -0.05) is 6.07 Å². The molecule has 5 heteroatoms. The van der Waals surface area contributed by atoms with Crippen LogP contribution in [-0.4, -0.2) is 30.2 Å². The van der Waals surface area contributed by atoms with Gasteiger partial charge in [0.2, 0.25) is 0 Å². The van der Waals surface area contributed by atoms with Crippen LogP contribution in [0.25, 0.3) is 0 Å². The highest BCUT2D eigenvalue weighted by atomic mass is 16.6. The van der Waals surface area contributed by atoms with Gasteiger partial charge in [0.05, 0.1) is 30.9 Å². The molecule has 1 heterocycles. The van der Waals surface area contributed by atoms with Crippen molar-refractivity contribution >= 4 is 6.09 Å². The van der Waals surface area contributed by atoms with Crippen LogP contribution >= 0.6 is 0 Å².